The monoisotopic (exact) mass is 435 g/mol. The molecule has 0 bridgehead atoms. The van der Waals surface area contributed by atoms with Gasteiger partial charge in [0, 0.05) is 33.2 Å². The van der Waals surface area contributed by atoms with E-state index >= 15 is 0 Å². The summed E-state index contributed by atoms with van der Waals surface area (Å²) in [5.74, 6) is -1.05. The predicted octanol–water partition coefficient (Wildman–Crippen LogP) is 4.47. The van der Waals surface area contributed by atoms with Crippen molar-refractivity contribution in [1.29, 1.82) is 0 Å². The van der Waals surface area contributed by atoms with Crippen LogP contribution in [0.5, 0.6) is 0 Å². The highest BCUT2D eigenvalue weighted by Crippen LogP contribution is 2.25. The van der Waals surface area contributed by atoms with Gasteiger partial charge in [-0.3, -0.25) is 14.6 Å². The van der Waals surface area contributed by atoms with Gasteiger partial charge in [-0.05, 0) is 56.3 Å². The van der Waals surface area contributed by atoms with Crippen LogP contribution in [0.15, 0.2) is 53.5 Å². The molecule has 0 aliphatic heterocycles. The van der Waals surface area contributed by atoms with Gasteiger partial charge in [0.2, 0.25) is 5.43 Å². The quantitative estimate of drug-likeness (QED) is 0.460. The van der Waals surface area contributed by atoms with Crippen molar-refractivity contribution in [2.45, 2.75) is 13.8 Å². The summed E-state index contributed by atoms with van der Waals surface area (Å²) in [6.45, 7) is 3.77. The molecule has 4 rings (SSSR count). The van der Waals surface area contributed by atoms with Gasteiger partial charge >= 0.3 is 5.97 Å². The number of nitrogens with one attached hydrogen (secondary N) is 2. The van der Waals surface area contributed by atoms with E-state index in [1.165, 1.54) is 12.3 Å². The van der Waals surface area contributed by atoms with Crippen molar-refractivity contribution in [2.24, 2.45) is 0 Å². The molecule has 2 aromatic carbocycles. The summed E-state index contributed by atoms with van der Waals surface area (Å²) in [4.78, 5) is 45.3. The molecule has 0 spiro atoms. The van der Waals surface area contributed by atoms with E-state index in [2.05, 4.69) is 15.3 Å². The van der Waals surface area contributed by atoms with Gasteiger partial charge < -0.3 is 15.0 Å². The van der Waals surface area contributed by atoms with Gasteiger partial charge in [-0.1, -0.05) is 11.6 Å². The van der Waals surface area contributed by atoms with E-state index in [-0.39, 0.29) is 12.2 Å². The zero-order valence-corrected chi connectivity index (χ0v) is 17.5. The number of hydrogen-bond acceptors (Lipinski definition) is 5. The van der Waals surface area contributed by atoms with E-state index in [0.29, 0.717) is 43.8 Å². The van der Waals surface area contributed by atoms with Gasteiger partial charge in [-0.25, -0.2) is 4.79 Å². The topological polar surface area (TPSA) is 101 Å². The minimum Gasteiger partial charge on any atom is -0.462 e. The number of hydrogen-bond donors (Lipinski definition) is 2. The summed E-state index contributed by atoms with van der Waals surface area (Å²) >= 11 is 6.00. The predicted molar refractivity (Wildman–Crippen MR) is 120 cm³/mol. The van der Waals surface area contributed by atoms with Crippen LogP contribution >= 0.6 is 11.6 Å². The molecule has 2 aromatic heterocycles. The highest BCUT2D eigenvalue weighted by molar-refractivity contribution is 6.31. The average molecular weight is 436 g/mol. The molecule has 0 aliphatic carbocycles. The number of pyridine rings is 2. The van der Waals surface area contributed by atoms with Crippen LogP contribution in [-0.2, 0) is 4.74 Å². The van der Waals surface area contributed by atoms with Crippen LogP contribution in [0.25, 0.3) is 21.8 Å². The van der Waals surface area contributed by atoms with Crippen molar-refractivity contribution in [1.82, 2.24) is 9.97 Å². The number of carbonyl (C=O) groups excluding carboxylic acids is 2. The van der Waals surface area contributed by atoms with Gasteiger partial charge in [-0.15, -0.1) is 0 Å². The molecule has 7 nitrogen and oxygen atoms in total. The van der Waals surface area contributed by atoms with Crippen LogP contribution in [0.4, 0.5) is 5.69 Å². The molecule has 0 fully saturated rings. The maximum absolute atomic E-state index is 13.0. The number of halogens is 1. The number of anilines is 1. The van der Waals surface area contributed by atoms with Gasteiger partial charge in [0.15, 0.2) is 0 Å². The Labute approximate surface area is 182 Å². The number of aromatic nitrogens is 2. The van der Waals surface area contributed by atoms with Crippen LogP contribution in [0.3, 0.4) is 0 Å². The zero-order chi connectivity index (χ0) is 22.1. The summed E-state index contributed by atoms with van der Waals surface area (Å²) in [6.07, 6.45) is 1.37. The summed E-state index contributed by atoms with van der Waals surface area (Å²) < 4.78 is 5.05. The van der Waals surface area contributed by atoms with Gasteiger partial charge in [-0.2, -0.15) is 0 Å². The molecular formula is C23H18ClN3O4. The fourth-order valence-electron chi connectivity index (χ4n) is 3.35. The van der Waals surface area contributed by atoms with Crippen LogP contribution < -0.4 is 10.7 Å². The standard InChI is InChI=1S/C23H18ClN3O4/c1-3-31-23(30)13-4-6-19-15(9-13)20(8-12(2)26-19)27-22(29)17-11-25-18-7-5-14(24)10-16(18)21(17)28/h4-11H,3H2,1-2H3,(H,25,28)(H,26,27,29). The van der Waals surface area contributed by atoms with Crippen molar-refractivity contribution in [2.75, 3.05) is 11.9 Å². The van der Waals surface area contributed by atoms with Crippen LogP contribution in [0, 0.1) is 6.92 Å². The third-order valence-electron chi connectivity index (χ3n) is 4.78. The van der Waals surface area contributed by atoms with Crippen molar-refractivity contribution in [3.05, 3.63) is 80.7 Å². The number of esters is 1. The lowest BCUT2D eigenvalue weighted by atomic mass is 10.1. The van der Waals surface area contributed by atoms with E-state index in [1.54, 1.807) is 50.2 Å². The maximum Gasteiger partial charge on any atom is 0.338 e. The van der Waals surface area contributed by atoms with Crippen LogP contribution in [0.1, 0.15) is 33.3 Å². The number of aromatic amines is 1. The Bertz CT molecular complexity index is 1410. The number of fused-ring (bicyclic) bond motifs is 2. The highest BCUT2D eigenvalue weighted by atomic mass is 35.5. The van der Waals surface area contributed by atoms with Crippen molar-refractivity contribution < 1.29 is 14.3 Å². The van der Waals surface area contributed by atoms with E-state index in [9.17, 15) is 14.4 Å². The average Bonchev–Trinajstić information content (AvgIpc) is 2.74. The minimum absolute atomic E-state index is 0.0565. The number of ether oxygens (including phenoxy) is 1. The molecule has 0 unspecified atom stereocenters. The third kappa shape index (κ3) is 4.00. The first-order chi connectivity index (χ1) is 14.9. The molecule has 1 amide bonds. The minimum atomic E-state index is -0.587. The molecule has 0 radical (unpaired) electrons. The maximum atomic E-state index is 13.0. The first kappa shape index (κ1) is 20.6. The van der Waals surface area contributed by atoms with Crippen molar-refractivity contribution in [3.8, 4) is 0 Å². The van der Waals surface area contributed by atoms with Crippen molar-refractivity contribution >= 4 is 51.0 Å². The molecule has 156 valence electrons. The molecule has 31 heavy (non-hydrogen) atoms. The number of nitrogens with zero attached hydrogens (tertiary/aromatic N) is 1. The Morgan fingerprint density at radius 1 is 1.13 bits per heavy atom. The Kier molecular flexibility index (Phi) is 5.44. The largest absolute Gasteiger partial charge is 0.462 e. The molecule has 8 heteroatoms. The summed E-state index contributed by atoms with van der Waals surface area (Å²) in [7, 11) is 0. The van der Waals surface area contributed by atoms with Crippen molar-refractivity contribution in [3.63, 3.8) is 0 Å². The molecule has 0 saturated carbocycles. The van der Waals surface area contributed by atoms with Gasteiger partial charge in [0.1, 0.15) is 5.56 Å². The fourth-order valence-corrected chi connectivity index (χ4v) is 3.52. The Morgan fingerprint density at radius 3 is 2.71 bits per heavy atom. The second-order valence-corrected chi connectivity index (χ2v) is 7.38. The first-order valence-corrected chi connectivity index (χ1v) is 9.96. The number of H-pyrrole nitrogens is 1. The Balaban J connectivity index is 1.77. The SMILES string of the molecule is CCOC(=O)c1ccc2nc(C)cc(NC(=O)c3c[nH]c4ccc(Cl)cc4c3=O)c2c1. The summed E-state index contributed by atoms with van der Waals surface area (Å²) in [6, 6.07) is 11.5. The third-order valence-corrected chi connectivity index (χ3v) is 5.02. The normalized spacial score (nSPS) is 10.9. The summed E-state index contributed by atoms with van der Waals surface area (Å²) in [5.41, 5.74) is 2.14. The number of amides is 1. The molecular weight excluding hydrogens is 418 g/mol. The van der Waals surface area contributed by atoms with Crippen LogP contribution in [0.2, 0.25) is 5.02 Å². The molecule has 2 N–H and O–H groups in total. The van der Waals surface area contributed by atoms with E-state index in [0.717, 1.165) is 0 Å². The van der Waals surface area contributed by atoms with E-state index < -0.39 is 17.3 Å². The second-order valence-electron chi connectivity index (χ2n) is 6.94. The molecule has 2 heterocycles. The number of carbonyl (C=O) groups is 2. The smallest absolute Gasteiger partial charge is 0.338 e. The van der Waals surface area contributed by atoms with E-state index in [4.69, 9.17) is 16.3 Å². The number of rotatable bonds is 4. The summed E-state index contributed by atoms with van der Waals surface area (Å²) in [5, 5.41) is 4.06. The molecule has 0 saturated heterocycles. The molecule has 0 atom stereocenters. The van der Waals surface area contributed by atoms with Crippen LogP contribution in [-0.4, -0.2) is 28.5 Å². The van der Waals surface area contributed by atoms with Gasteiger partial charge in [0.05, 0.1) is 23.4 Å². The lowest BCUT2D eigenvalue weighted by Gasteiger charge is -2.11. The molecule has 0 aliphatic rings. The molecule has 4 aromatic rings. The van der Waals surface area contributed by atoms with Gasteiger partial charge in [0.25, 0.3) is 5.91 Å². The lowest BCUT2D eigenvalue weighted by molar-refractivity contribution is 0.0526. The number of benzene rings is 2. The first-order valence-electron chi connectivity index (χ1n) is 9.58. The number of aryl methyl sites for hydroxylation is 1. The lowest BCUT2D eigenvalue weighted by Crippen LogP contribution is -2.22. The fraction of sp³-hybridized carbons (Fsp3) is 0.130. The highest BCUT2D eigenvalue weighted by Gasteiger charge is 2.16. The Hall–Kier alpha value is -3.71. The Morgan fingerprint density at radius 2 is 1.94 bits per heavy atom. The second kappa shape index (κ2) is 8.20. The zero-order valence-electron chi connectivity index (χ0n) is 16.8. The van der Waals surface area contributed by atoms with E-state index in [1.807, 2.05) is 0 Å².